The van der Waals surface area contributed by atoms with E-state index >= 15 is 0 Å². The average molecular weight is 272 g/mol. The fraction of sp³-hybridized carbons (Fsp3) is 0.267. The van der Waals surface area contributed by atoms with E-state index in [1.807, 2.05) is 23.1 Å². The minimum atomic E-state index is 0.0835. The number of carbonyl (C=O) groups is 1. The first-order chi connectivity index (χ1) is 9.09. The molecule has 1 amide bonds. The van der Waals surface area contributed by atoms with Gasteiger partial charge in [-0.2, -0.15) is 0 Å². The molecule has 3 nitrogen and oxygen atoms in total. The monoisotopic (exact) mass is 272 g/mol. The normalized spacial score (nSPS) is 17.9. The van der Waals surface area contributed by atoms with Gasteiger partial charge in [0.15, 0.2) is 0 Å². The van der Waals surface area contributed by atoms with E-state index in [4.69, 9.17) is 0 Å². The fourth-order valence-electron chi connectivity index (χ4n) is 2.55. The average Bonchev–Trinajstić information content (AvgIpc) is 2.71. The number of anilines is 2. The van der Waals surface area contributed by atoms with E-state index < -0.39 is 0 Å². The maximum atomic E-state index is 11.9. The van der Waals surface area contributed by atoms with Crippen LogP contribution in [-0.4, -0.2) is 12.5 Å². The van der Waals surface area contributed by atoms with Gasteiger partial charge in [0.05, 0.1) is 16.4 Å². The molecule has 4 heteroatoms. The van der Waals surface area contributed by atoms with Gasteiger partial charge in [0.25, 0.3) is 0 Å². The van der Waals surface area contributed by atoms with Gasteiger partial charge in [0.2, 0.25) is 5.91 Å². The highest BCUT2D eigenvalue weighted by Gasteiger charge is 2.30. The standard InChI is InChI=1S/C15H16N2OS/c1-10-8-16(12(3)18)13-6-4-5-7-14(13)17-11(2)9-19-15(10)17/h4-7,9H,8H2,1-3H3. The van der Waals surface area contributed by atoms with Crippen LogP contribution in [0.5, 0.6) is 0 Å². The smallest absolute Gasteiger partial charge is 0.224 e. The number of hydrogen-bond donors (Lipinski definition) is 0. The minimum Gasteiger partial charge on any atom is -0.306 e. The highest BCUT2D eigenvalue weighted by atomic mass is 32.2. The quantitative estimate of drug-likeness (QED) is 0.719. The van der Waals surface area contributed by atoms with Crippen LogP contribution in [0.2, 0.25) is 0 Å². The van der Waals surface area contributed by atoms with Gasteiger partial charge in [-0.15, -0.1) is 0 Å². The van der Waals surface area contributed by atoms with E-state index in [1.54, 1.807) is 18.7 Å². The van der Waals surface area contributed by atoms with Crippen LogP contribution in [-0.2, 0) is 4.79 Å². The van der Waals surface area contributed by atoms with E-state index in [1.165, 1.54) is 16.3 Å². The molecule has 0 fully saturated rings. The van der Waals surface area contributed by atoms with Crippen molar-refractivity contribution < 1.29 is 4.79 Å². The molecular weight excluding hydrogens is 256 g/mol. The lowest BCUT2D eigenvalue weighted by atomic mass is 10.2. The van der Waals surface area contributed by atoms with Crippen LogP contribution in [0, 0.1) is 0 Å². The molecular formula is C15H16N2OS. The number of fused-ring (bicyclic) bond motifs is 3. The van der Waals surface area contributed by atoms with Crippen LogP contribution in [0.1, 0.15) is 20.8 Å². The molecule has 3 rings (SSSR count). The molecule has 1 aromatic rings. The molecule has 2 heterocycles. The molecule has 0 N–H and O–H groups in total. The van der Waals surface area contributed by atoms with Gasteiger partial charge in [-0.3, -0.25) is 4.79 Å². The topological polar surface area (TPSA) is 23.6 Å². The second-order valence-corrected chi connectivity index (χ2v) is 5.75. The summed E-state index contributed by atoms with van der Waals surface area (Å²) in [6.45, 7) is 6.49. The molecule has 0 saturated heterocycles. The molecule has 19 heavy (non-hydrogen) atoms. The van der Waals surface area contributed by atoms with Crippen LogP contribution in [0.4, 0.5) is 11.4 Å². The summed E-state index contributed by atoms with van der Waals surface area (Å²) in [5.41, 5.74) is 4.50. The van der Waals surface area contributed by atoms with Gasteiger partial charge in [-0.05, 0) is 37.0 Å². The van der Waals surface area contributed by atoms with Crippen LogP contribution in [0.25, 0.3) is 0 Å². The molecule has 0 unspecified atom stereocenters. The summed E-state index contributed by atoms with van der Waals surface area (Å²) >= 11 is 1.74. The Labute approximate surface area is 117 Å². The zero-order chi connectivity index (χ0) is 13.6. The Kier molecular flexibility index (Phi) is 2.90. The summed E-state index contributed by atoms with van der Waals surface area (Å²) < 4.78 is 0. The van der Waals surface area contributed by atoms with E-state index in [2.05, 4.69) is 30.2 Å². The van der Waals surface area contributed by atoms with Crippen molar-refractivity contribution in [2.24, 2.45) is 0 Å². The molecule has 0 bridgehead atoms. The van der Waals surface area contributed by atoms with Gasteiger partial charge in [-0.25, -0.2) is 0 Å². The number of allylic oxidation sites excluding steroid dienone is 1. The summed E-state index contributed by atoms with van der Waals surface area (Å²) in [4.78, 5) is 16.0. The Bertz CT molecular complexity index is 618. The molecule has 0 aromatic heterocycles. The van der Waals surface area contributed by atoms with E-state index in [-0.39, 0.29) is 5.91 Å². The number of benzene rings is 1. The number of nitrogens with zero attached hydrogens (tertiary/aromatic N) is 2. The predicted molar refractivity (Wildman–Crippen MR) is 81.0 cm³/mol. The van der Waals surface area contributed by atoms with Crippen LogP contribution >= 0.6 is 11.8 Å². The van der Waals surface area contributed by atoms with E-state index in [0.29, 0.717) is 6.54 Å². The van der Waals surface area contributed by atoms with Crippen molar-refractivity contribution in [2.75, 3.05) is 16.3 Å². The SMILES string of the molecule is CC(=O)N1CC(C)=C2SC=C(C)N2c2ccccc21. The van der Waals surface area contributed by atoms with Gasteiger partial charge in [0.1, 0.15) is 0 Å². The predicted octanol–water partition coefficient (Wildman–Crippen LogP) is 3.70. The first kappa shape index (κ1) is 12.4. The lowest BCUT2D eigenvalue weighted by Gasteiger charge is -2.25. The first-order valence-corrected chi connectivity index (χ1v) is 7.18. The van der Waals surface area contributed by atoms with Gasteiger partial charge >= 0.3 is 0 Å². The zero-order valence-electron chi connectivity index (χ0n) is 11.3. The fourth-order valence-corrected chi connectivity index (χ4v) is 3.55. The van der Waals surface area contributed by atoms with Gasteiger partial charge < -0.3 is 9.80 Å². The molecule has 0 spiro atoms. The molecule has 1 aromatic carbocycles. The number of thioether (sulfide) groups is 1. The first-order valence-electron chi connectivity index (χ1n) is 6.30. The van der Waals surface area contributed by atoms with Crippen LogP contribution in [0.3, 0.4) is 0 Å². The largest absolute Gasteiger partial charge is 0.306 e. The Morgan fingerprint density at radius 1 is 1.21 bits per heavy atom. The van der Waals surface area contributed by atoms with Crippen molar-refractivity contribution in [3.63, 3.8) is 0 Å². The molecule has 0 aliphatic carbocycles. The van der Waals surface area contributed by atoms with Crippen LogP contribution in [0.15, 0.2) is 46.0 Å². The number of para-hydroxylation sites is 2. The third kappa shape index (κ3) is 1.87. The van der Waals surface area contributed by atoms with Crippen molar-refractivity contribution in [2.45, 2.75) is 20.8 Å². The summed E-state index contributed by atoms with van der Waals surface area (Å²) in [7, 11) is 0. The summed E-state index contributed by atoms with van der Waals surface area (Å²) in [5.74, 6) is 0.0835. The number of rotatable bonds is 0. The highest BCUT2D eigenvalue weighted by molar-refractivity contribution is 8.06. The van der Waals surface area contributed by atoms with Crippen molar-refractivity contribution >= 4 is 29.0 Å². The highest BCUT2D eigenvalue weighted by Crippen LogP contribution is 2.46. The molecule has 0 saturated carbocycles. The summed E-state index contributed by atoms with van der Waals surface area (Å²) in [6.07, 6.45) is 0. The number of carbonyl (C=O) groups excluding carboxylic acids is 1. The van der Waals surface area contributed by atoms with Crippen LogP contribution < -0.4 is 9.80 Å². The third-order valence-electron chi connectivity index (χ3n) is 3.45. The Balaban J connectivity index is 2.23. The van der Waals surface area contributed by atoms with Crippen molar-refractivity contribution in [1.29, 1.82) is 0 Å². The Morgan fingerprint density at radius 3 is 2.58 bits per heavy atom. The Hall–Kier alpha value is -1.68. The number of hydrogen-bond acceptors (Lipinski definition) is 3. The lowest BCUT2D eigenvalue weighted by Crippen LogP contribution is -2.29. The summed E-state index contributed by atoms with van der Waals surface area (Å²) in [6, 6.07) is 8.10. The summed E-state index contributed by atoms with van der Waals surface area (Å²) in [5, 5.41) is 3.40. The molecule has 0 radical (unpaired) electrons. The Morgan fingerprint density at radius 2 is 1.89 bits per heavy atom. The maximum absolute atomic E-state index is 11.9. The zero-order valence-corrected chi connectivity index (χ0v) is 12.1. The van der Waals surface area contributed by atoms with E-state index in [0.717, 1.165) is 11.4 Å². The second kappa shape index (κ2) is 4.46. The lowest BCUT2D eigenvalue weighted by molar-refractivity contribution is -0.116. The van der Waals surface area contributed by atoms with Gasteiger partial charge in [0, 0.05) is 19.2 Å². The minimum absolute atomic E-state index is 0.0835. The van der Waals surface area contributed by atoms with Crippen molar-refractivity contribution in [3.8, 4) is 0 Å². The molecule has 2 aliphatic heterocycles. The van der Waals surface area contributed by atoms with Crippen molar-refractivity contribution in [1.82, 2.24) is 0 Å². The number of amides is 1. The third-order valence-corrected chi connectivity index (χ3v) is 4.66. The molecule has 0 atom stereocenters. The second-order valence-electron chi connectivity index (χ2n) is 4.89. The molecule has 98 valence electrons. The van der Waals surface area contributed by atoms with E-state index in [9.17, 15) is 4.79 Å². The maximum Gasteiger partial charge on any atom is 0.224 e. The van der Waals surface area contributed by atoms with Gasteiger partial charge in [-0.1, -0.05) is 23.9 Å². The molecule has 2 aliphatic rings. The van der Waals surface area contributed by atoms with Crippen molar-refractivity contribution in [3.05, 3.63) is 46.0 Å².